The van der Waals surface area contributed by atoms with E-state index in [1.54, 1.807) is 0 Å². The van der Waals surface area contributed by atoms with Gasteiger partial charge in [-0.3, -0.25) is 0 Å². The van der Waals surface area contributed by atoms with Gasteiger partial charge in [0.2, 0.25) is 0 Å². The number of nitrogens with zero attached hydrogens (tertiary/aromatic N) is 2. The lowest BCUT2D eigenvalue weighted by atomic mass is 10.0. The fraction of sp³-hybridized carbons (Fsp3) is 0.333. The average molecular weight is 419 g/mol. The molecule has 104 valence electrons. The first-order valence-electron chi connectivity index (χ1n) is 6.64. The summed E-state index contributed by atoms with van der Waals surface area (Å²) in [4.78, 5) is 9.17. The van der Waals surface area contributed by atoms with Crippen LogP contribution in [0.4, 0.5) is 0 Å². The molecular formula is C15H13Cl2IN2. The van der Waals surface area contributed by atoms with Gasteiger partial charge in [0, 0.05) is 16.5 Å². The molecule has 1 aliphatic carbocycles. The van der Waals surface area contributed by atoms with Gasteiger partial charge in [-0.25, -0.2) is 9.97 Å². The summed E-state index contributed by atoms with van der Waals surface area (Å²) in [5.41, 5.74) is 2.01. The predicted molar refractivity (Wildman–Crippen MR) is 91.4 cm³/mol. The molecule has 20 heavy (non-hydrogen) atoms. The second-order valence-electron chi connectivity index (χ2n) is 5.03. The van der Waals surface area contributed by atoms with Crippen molar-refractivity contribution in [3.8, 4) is 11.4 Å². The summed E-state index contributed by atoms with van der Waals surface area (Å²) in [6.45, 7) is 0. The van der Waals surface area contributed by atoms with E-state index in [1.165, 1.54) is 25.7 Å². The fourth-order valence-electron chi connectivity index (χ4n) is 2.66. The van der Waals surface area contributed by atoms with Gasteiger partial charge in [0.25, 0.3) is 0 Å². The van der Waals surface area contributed by atoms with Crippen LogP contribution >= 0.6 is 45.8 Å². The predicted octanol–water partition coefficient (Wildman–Crippen LogP) is 5.71. The van der Waals surface area contributed by atoms with Crippen LogP contribution in [0, 0.1) is 3.57 Å². The van der Waals surface area contributed by atoms with E-state index in [-0.39, 0.29) is 0 Å². The Labute approximate surface area is 142 Å². The van der Waals surface area contributed by atoms with E-state index in [0.29, 0.717) is 21.9 Å². The fourth-order valence-corrected chi connectivity index (χ4v) is 3.71. The quantitative estimate of drug-likeness (QED) is 0.460. The van der Waals surface area contributed by atoms with E-state index in [9.17, 15) is 0 Å². The average Bonchev–Trinajstić information content (AvgIpc) is 2.95. The molecule has 0 amide bonds. The highest BCUT2D eigenvalue weighted by atomic mass is 127. The summed E-state index contributed by atoms with van der Waals surface area (Å²) in [7, 11) is 0. The first-order valence-corrected chi connectivity index (χ1v) is 8.47. The third kappa shape index (κ3) is 2.95. The van der Waals surface area contributed by atoms with Crippen LogP contribution in [0.25, 0.3) is 11.4 Å². The van der Waals surface area contributed by atoms with Gasteiger partial charge in [-0.2, -0.15) is 0 Å². The van der Waals surface area contributed by atoms with Crippen molar-refractivity contribution in [2.75, 3.05) is 0 Å². The lowest BCUT2D eigenvalue weighted by Crippen LogP contribution is -2.04. The van der Waals surface area contributed by atoms with Crippen molar-refractivity contribution in [3.05, 3.63) is 43.7 Å². The molecule has 1 aliphatic rings. The molecule has 0 saturated heterocycles. The standard InChI is InChI=1S/C15H13Cl2IN2/c16-11-7-3-6-10(8-11)15-19-13(9-4-1-2-5-9)12(18)14(17)20-15/h3,6-9H,1-2,4-5H2. The summed E-state index contributed by atoms with van der Waals surface area (Å²) in [5, 5.41) is 1.22. The van der Waals surface area contributed by atoms with E-state index in [0.717, 1.165) is 14.8 Å². The van der Waals surface area contributed by atoms with Gasteiger partial charge in [0.1, 0.15) is 5.15 Å². The van der Waals surface area contributed by atoms with E-state index in [2.05, 4.69) is 27.6 Å². The first-order chi connectivity index (χ1) is 9.65. The van der Waals surface area contributed by atoms with Gasteiger partial charge in [0.15, 0.2) is 5.82 Å². The largest absolute Gasteiger partial charge is 0.232 e. The summed E-state index contributed by atoms with van der Waals surface area (Å²) in [6, 6.07) is 7.58. The number of rotatable bonds is 2. The van der Waals surface area contributed by atoms with Crippen molar-refractivity contribution in [2.24, 2.45) is 0 Å². The maximum Gasteiger partial charge on any atom is 0.161 e. The minimum atomic E-state index is 0.514. The smallest absolute Gasteiger partial charge is 0.161 e. The summed E-state index contributed by atoms with van der Waals surface area (Å²) < 4.78 is 0.988. The highest BCUT2D eigenvalue weighted by Gasteiger charge is 2.23. The lowest BCUT2D eigenvalue weighted by molar-refractivity contribution is 0.690. The minimum Gasteiger partial charge on any atom is -0.232 e. The Morgan fingerprint density at radius 1 is 1.10 bits per heavy atom. The third-order valence-corrected chi connectivity index (χ3v) is 5.55. The third-order valence-electron chi connectivity index (χ3n) is 3.66. The molecule has 1 fully saturated rings. The monoisotopic (exact) mass is 418 g/mol. The SMILES string of the molecule is Clc1cccc(-c2nc(Cl)c(I)c(C3CCCC3)n2)c1. The van der Waals surface area contributed by atoms with Crippen molar-refractivity contribution >= 4 is 45.8 Å². The molecule has 1 aromatic carbocycles. The van der Waals surface area contributed by atoms with Crippen LogP contribution in [0.2, 0.25) is 10.2 Å². The Balaban J connectivity index is 2.08. The molecule has 5 heteroatoms. The molecular weight excluding hydrogens is 406 g/mol. The van der Waals surface area contributed by atoms with Crippen molar-refractivity contribution in [1.29, 1.82) is 0 Å². The van der Waals surface area contributed by atoms with Crippen LogP contribution < -0.4 is 0 Å². The van der Waals surface area contributed by atoms with E-state index in [1.807, 2.05) is 24.3 Å². The number of hydrogen-bond acceptors (Lipinski definition) is 2. The van der Waals surface area contributed by atoms with Crippen LogP contribution in [0.1, 0.15) is 37.3 Å². The van der Waals surface area contributed by atoms with Crippen LogP contribution in [0.3, 0.4) is 0 Å². The van der Waals surface area contributed by atoms with Crippen LogP contribution in [0.5, 0.6) is 0 Å². The Morgan fingerprint density at radius 3 is 2.55 bits per heavy atom. The summed E-state index contributed by atoms with van der Waals surface area (Å²) >= 11 is 14.6. The lowest BCUT2D eigenvalue weighted by Gasteiger charge is -2.13. The Morgan fingerprint density at radius 2 is 1.85 bits per heavy atom. The van der Waals surface area contributed by atoms with Crippen LogP contribution in [-0.2, 0) is 0 Å². The molecule has 1 heterocycles. The summed E-state index contributed by atoms with van der Waals surface area (Å²) in [5.74, 6) is 1.18. The Bertz CT molecular complexity index is 640. The highest BCUT2D eigenvalue weighted by Crippen LogP contribution is 2.37. The molecule has 2 aromatic rings. The van der Waals surface area contributed by atoms with Crippen molar-refractivity contribution < 1.29 is 0 Å². The van der Waals surface area contributed by atoms with Crippen molar-refractivity contribution in [3.63, 3.8) is 0 Å². The second-order valence-corrected chi connectivity index (χ2v) is 6.90. The van der Waals surface area contributed by atoms with Crippen LogP contribution in [-0.4, -0.2) is 9.97 Å². The summed E-state index contributed by atoms with van der Waals surface area (Å²) in [6.07, 6.45) is 4.93. The number of aromatic nitrogens is 2. The number of benzene rings is 1. The molecule has 0 aliphatic heterocycles. The van der Waals surface area contributed by atoms with Gasteiger partial charge in [-0.15, -0.1) is 0 Å². The number of hydrogen-bond donors (Lipinski definition) is 0. The molecule has 0 atom stereocenters. The van der Waals surface area contributed by atoms with Gasteiger partial charge in [-0.1, -0.05) is 48.2 Å². The topological polar surface area (TPSA) is 25.8 Å². The van der Waals surface area contributed by atoms with Gasteiger partial charge >= 0.3 is 0 Å². The molecule has 0 N–H and O–H groups in total. The molecule has 1 aromatic heterocycles. The zero-order valence-electron chi connectivity index (χ0n) is 10.7. The maximum absolute atomic E-state index is 6.30. The molecule has 3 rings (SSSR count). The minimum absolute atomic E-state index is 0.514. The van der Waals surface area contributed by atoms with Crippen molar-refractivity contribution in [1.82, 2.24) is 9.97 Å². The molecule has 0 radical (unpaired) electrons. The second kappa shape index (κ2) is 6.16. The molecule has 0 unspecified atom stereocenters. The molecule has 0 bridgehead atoms. The zero-order valence-corrected chi connectivity index (χ0v) is 14.4. The van der Waals surface area contributed by atoms with Gasteiger partial charge < -0.3 is 0 Å². The van der Waals surface area contributed by atoms with Crippen LogP contribution in [0.15, 0.2) is 24.3 Å². The van der Waals surface area contributed by atoms with E-state index in [4.69, 9.17) is 28.2 Å². The van der Waals surface area contributed by atoms with E-state index < -0.39 is 0 Å². The molecule has 2 nitrogen and oxygen atoms in total. The normalized spacial score (nSPS) is 15.8. The zero-order chi connectivity index (χ0) is 14.1. The molecule has 1 saturated carbocycles. The van der Waals surface area contributed by atoms with Gasteiger partial charge in [0.05, 0.1) is 9.26 Å². The number of halogens is 3. The first kappa shape index (κ1) is 14.5. The highest BCUT2D eigenvalue weighted by molar-refractivity contribution is 14.1. The Kier molecular flexibility index (Phi) is 4.48. The van der Waals surface area contributed by atoms with E-state index >= 15 is 0 Å². The molecule has 0 spiro atoms. The maximum atomic E-state index is 6.30. The van der Waals surface area contributed by atoms with Crippen molar-refractivity contribution in [2.45, 2.75) is 31.6 Å². The van der Waals surface area contributed by atoms with Gasteiger partial charge in [-0.05, 0) is 47.6 Å². The Hall–Kier alpha value is -0.390.